The van der Waals surface area contributed by atoms with Gasteiger partial charge in [-0.25, -0.2) is 13.2 Å². The van der Waals surface area contributed by atoms with Crippen LogP contribution in [0.4, 0.5) is 13.2 Å². The van der Waals surface area contributed by atoms with Crippen LogP contribution in [0.3, 0.4) is 0 Å². The molecule has 0 aliphatic rings. The van der Waals surface area contributed by atoms with Crippen molar-refractivity contribution in [2.75, 3.05) is 0 Å². The van der Waals surface area contributed by atoms with E-state index < -0.39 is 23.5 Å². The fraction of sp³-hybridized carbons (Fsp3) is 0.200. The molecule has 0 radical (unpaired) electrons. The maximum Gasteiger partial charge on any atom is 0.137 e. The predicted octanol–water partition coefficient (Wildman–Crippen LogP) is 3.92. The lowest BCUT2D eigenvalue weighted by Gasteiger charge is -2.19. The Kier molecular flexibility index (Phi) is 5.03. The molecule has 1 atom stereocenters. The van der Waals surface area contributed by atoms with E-state index in [0.717, 1.165) is 0 Å². The quantitative estimate of drug-likeness (QED) is 0.642. The molecule has 112 valence electrons. The van der Waals surface area contributed by atoms with Gasteiger partial charge >= 0.3 is 0 Å². The average molecular weight is 359 g/mol. The van der Waals surface area contributed by atoms with Crippen LogP contribution in [0.1, 0.15) is 22.7 Å². The Morgan fingerprint density at radius 3 is 2.43 bits per heavy atom. The van der Waals surface area contributed by atoms with Crippen molar-refractivity contribution in [3.63, 3.8) is 0 Å². The maximum absolute atomic E-state index is 14.1. The molecule has 0 saturated heterocycles. The summed E-state index contributed by atoms with van der Waals surface area (Å²) in [6.45, 7) is 1.56. The predicted molar refractivity (Wildman–Crippen MR) is 79.0 cm³/mol. The Hall–Kier alpha value is -1.37. The standard InChI is InChI=1S/C15H14BrF3N2/c1-8-2-4-12(18)14(15(8)19)13(21-20)7-9-3-5-11(17)10(16)6-9/h2-6,13,21H,7,20H2,1H3. The second-order valence-corrected chi connectivity index (χ2v) is 5.62. The molecule has 2 rings (SSSR count). The van der Waals surface area contributed by atoms with Gasteiger partial charge in [0.1, 0.15) is 17.5 Å². The lowest BCUT2D eigenvalue weighted by atomic mass is 9.97. The molecule has 0 aromatic heterocycles. The zero-order chi connectivity index (χ0) is 15.6. The number of rotatable bonds is 4. The first kappa shape index (κ1) is 16.0. The number of hydrogen-bond acceptors (Lipinski definition) is 2. The Labute approximate surface area is 129 Å². The first-order valence-electron chi connectivity index (χ1n) is 6.28. The highest BCUT2D eigenvalue weighted by Crippen LogP contribution is 2.27. The molecule has 6 heteroatoms. The number of benzene rings is 2. The van der Waals surface area contributed by atoms with Crippen molar-refractivity contribution in [2.24, 2.45) is 5.84 Å². The zero-order valence-corrected chi connectivity index (χ0v) is 12.8. The van der Waals surface area contributed by atoms with Crippen LogP contribution < -0.4 is 11.3 Å². The fourth-order valence-corrected chi connectivity index (χ4v) is 2.57. The minimum Gasteiger partial charge on any atom is -0.271 e. The maximum atomic E-state index is 14.1. The highest BCUT2D eigenvalue weighted by atomic mass is 79.9. The van der Waals surface area contributed by atoms with Crippen LogP contribution in [0, 0.1) is 24.4 Å². The highest BCUT2D eigenvalue weighted by molar-refractivity contribution is 9.10. The minimum atomic E-state index is -0.748. The molecule has 0 heterocycles. The molecule has 2 aromatic carbocycles. The number of nitrogens with two attached hydrogens (primary N) is 1. The van der Waals surface area contributed by atoms with Gasteiger partial charge in [0.15, 0.2) is 0 Å². The summed E-state index contributed by atoms with van der Waals surface area (Å²) in [7, 11) is 0. The molecule has 0 saturated carbocycles. The normalized spacial score (nSPS) is 12.5. The third kappa shape index (κ3) is 3.45. The van der Waals surface area contributed by atoms with Gasteiger partial charge in [0.25, 0.3) is 0 Å². The topological polar surface area (TPSA) is 38.0 Å². The monoisotopic (exact) mass is 358 g/mol. The summed E-state index contributed by atoms with van der Waals surface area (Å²) in [6, 6.07) is 6.23. The van der Waals surface area contributed by atoms with Gasteiger partial charge in [-0.3, -0.25) is 11.3 Å². The Bertz CT molecular complexity index is 662. The van der Waals surface area contributed by atoms with E-state index >= 15 is 0 Å². The van der Waals surface area contributed by atoms with Crippen LogP contribution in [0.2, 0.25) is 0 Å². The lowest BCUT2D eigenvalue weighted by Crippen LogP contribution is -2.31. The van der Waals surface area contributed by atoms with Gasteiger partial charge in [0, 0.05) is 5.56 Å². The van der Waals surface area contributed by atoms with Crippen molar-refractivity contribution in [2.45, 2.75) is 19.4 Å². The molecule has 0 bridgehead atoms. The van der Waals surface area contributed by atoms with E-state index in [2.05, 4.69) is 21.4 Å². The van der Waals surface area contributed by atoms with Gasteiger partial charge in [-0.2, -0.15) is 0 Å². The number of hydrazine groups is 1. The van der Waals surface area contributed by atoms with Gasteiger partial charge in [-0.1, -0.05) is 12.1 Å². The summed E-state index contributed by atoms with van der Waals surface area (Å²) in [6.07, 6.45) is 0.229. The third-order valence-electron chi connectivity index (χ3n) is 3.29. The fourth-order valence-electron chi connectivity index (χ4n) is 2.14. The van der Waals surface area contributed by atoms with Crippen molar-refractivity contribution < 1.29 is 13.2 Å². The summed E-state index contributed by atoms with van der Waals surface area (Å²) in [5, 5.41) is 0. The molecule has 0 fully saturated rings. The molecule has 1 unspecified atom stereocenters. The largest absolute Gasteiger partial charge is 0.271 e. The second kappa shape index (κ2) is 6.60. The number of aryl methyl sites for hydroxylation is 1. The molecular weight excluding hydrogens is 345 g/mol. The Morgan fingerprint density at radius 1 is 1.14 bits per heavy atom. The van der Waals surface area contributed by atoms with E-state index in [-0.39, 0.29) is 12.0 Å². The summed E-state index contributed by atoms with van der Waals surface area (Å²) in [4.78, 5) is 0. The van der Waals surface area contributed by atoms with Gasteiger partial charge < -0.3 is 0 Å². The van der Waals surface area contributed by atoms with Crippen molar-refractivity contribution in [1.29, 1.82) is 0 Å². The van der Waals surface area contributed by atoms with E-state index in [0.29, 0.717) is 15.6 Å². The van der Waals surface area contributed by atoms with Crippen molar-refractivity contribution >= 4 is 15.9 Å². The smallest absolute Gasteiger partial charge is 0.137 e. The average Bonchev–Trinajstić information content (AvgIpc) is 2.46. The van der Waals surface area contributed by atoms with E-state index in [1.165, 1.54) is 18.2 Å². The van der Waals surface area contributed by atoms with Crippen LogP contribution in [-0.4, -0.2) is 0 Å². The molecule has 0 amide bonds. The van der Waals surface area contributed by atoms with Gasteiger partial charge in [0.05, 0.1) is 10.5 Å². The number of hydrogen-bond donors (Lipinski definition) is 2. The third-order valence-corrected chi connectivity index (χ3v) is 3.90. The van der Waals surface area contributed by atoms with Crippen LogP contribution in [0.5, 0.6) is 0 Å². The van der Waals surface area contributed by atoms with Gasteiger partial charge in [-0.15, -0.1) is 0 Å². The summed E-state index contributed by atoms with van der Waals surface area (Å²) in [5.41, 5.74) is 3.35. The molecule has 2 aromatic rings. The molecule has 0 aliphatic carbocycles. The molecular formula is C15H14BrF3N2. The van der Waals surface area contributed by atoms with Crippen molar-refractivity contribution in [1.82, 2.24) is 5.43 Å². The molecule has 0 spiro atoms. The molecule has 0 aliphatic heterocycles. The zero-order valence-electron chi connectivity index (χ0n) is 11.3. The van der Waals surface area contributed by atoms with Crippen LogP contribution in [-0.2, 0) is 6.42 Å². The number of halogens is 4. The summed E-state index contributed by atoms with van der Waals surface area (Å²) in [5.74, 6) is 3.75. The van der Waals surface area contributed by atoms with Crippen molar-refractivity contribution in [3.8, 4) is 0 Å². The van der Waals surface area contributed by atoms with Crippen LogP contribution in [0.25, 0.3) is 0 Å². The van der Waals surface area contributed by atoms with Gasteiger partial charge in [0.2, 0.25) is 0 Å². The summed E-state index contributed by atoms with van der Waals surface area (Å²) < 4.78 is 41.6. The highest BCUT2D eigenvalue weighted by Gasteiger charge is 2.21. The first-order valence-corrected chi connectivity index (χ1v) is 7.08. The van der Waals surface area contributed by atoms with E-state index in [9.17, 15) is 13.2 Å². The second-order valence-electron chi connectivity index (χ2n) is 4.76. The molecule has 3 N–H and O–H groups in total. The van der Waals surface area contributed by atoms with Crippen LogP contribution >= 0.6 is 15.9 Å². The van der Waals surface area contributed by atoms with Crippen LogP contribution in [0.15, 0.2) is 34.8 Å². The Balaban J connectivity index is 2.36. The SMILES string of the molecule is Cc1ccc(F)c(C(Cc2ccc(F)c(Br)c2)NN)c1F. The molecule has 21 heavy (non-hydrogen) atoms. The van der Waals surface area contributed by atoms with Gasteiger partial charge in [-0.05, 0) is 58.6 Å². The lowest BCUT2D eigenvalue weighted by molar-refractivity contribution is 0.470. The first-order chi connectivity index (χ1) is 9.93. The summed E-state index contributed by atoms with van der Waals surface area (Å²) >= 11 is 3.08. The minimum absolute atomic E-state index is 0.113. The molecule has 2 nitrogen and oxygen atoms in total. The van der Waals surface area contributed by atoms with Crippen molar-refractivity contribution in [3.05, 3.63) is 68.9 Å². The van der Waals surface area contributed by atoms with E-state index in [4.69, 9.17) is 5.84 Å². The Morgan fingerprint density at radius 2 is 1.81 bits per heavy atom. The van der Waals surface area contributed by atoms with E-state index in [1.54, 1.807) is 19.1 Å². The van der Waals surface area contributed by atoms with E-state index in [1.807, 2.05) is 0 Å². The number of nitrogens with one attached hydrogen (secondary N) is 1.